The van der Waals surface area contributed by atoms with Crippen LogP contribution in [0.4, 0.5) is 0 Å². The zero-order valence-corrected chi connectivity index (χ0v) is 9.12. The number of benzene rings is 1. The first-order chi connectivity index (χ1) is 7.27. The zero-order chi connectivity index (χ0) is 10.7. The fourth-order valence-corrected chi connectivity index (χ4v) is 2.39. The molecule has 15 heavy (non-hydrogen) atoms. The van der Waals surface area contributed by atoms with Gasteiger partial charge in [-0.05, 0) is 24.8 Å². The lowest BCUT2D eigenvalue weighted by Crippen LogP contribution is -2.48. The minimum absolute atomic E-state index is 0.114. The molecule has 2 nitrogen and oxygen atoms in total. The van der Waals surface area contributed by atoms with Gasteiger partial charge < -0.3 is 5.32 Å². The Balaban J connectivity index is 2.32. The van der Waals surface area contributed by atoms with Crippen molar-refractivity contribution in [2.45, 2.75) is 38.1 Å². The first-order valence-electron chi connectivity index (χ1n) is 5.63. The number of rotatable bonds is 2. The molecule has 0 aliphatic carbocycles. The molecule has 1 amide bonds. The highest BCUT2D eigenvalue weighted by molar-refractivity contribution is 5.78. The molecule has 1 aromatic rings. The quantitative estimate of drug-likeness (QED) is 0.786. The summed E-state index contributed by atoms with van der Waals surface area (Å²) in [5.74, 6) is 0.187. The lowest BCUT2D eigenvalue weighted by Gasteiger charge is -2.38. The molecule has 1 aliphatic heterocycles. The molecule has 1 atom stereocenters. The molecule has 0 radical (unpaired) electrons. The van der Waals surface area contributed by atoms with Crippen molar-refractivity contribution in [1.29, 1.82) is 0 Å². The Morgan fingerprint density at radius 1 is 1.33 bits per heavy atom. The molecule has 0 bridgehead atoms. The van der Waals surface area contributed by atoms with Gasteiger partial charge in [0.15, 0.2) is 0 Å². The number of carbonyl (C=O) groups is 1. The Labute approximate surface area is 90.7 Å². The van der Waals surface area contributed by atoms with Crippen LogP contribution in [0.15, 0.2) is 30.3 Å². The maximum absolute atomic E-state index is 11.5. The Kier molecular flexibility index (Phi) is 2.76. The van der Waals surface area contributed by atoms with E-state index in [-0.39, 0.29) is 11.4 Å². The molecular formula is C13H17NO. The Bertz CT molecular complexity index is 347. The van der Waals surface area contributed by atoms with Gasteiger partial charge in [0.05, 0.1) is 5.54 Å². The summed E-state index contributed by atoms with van der Waals surface area (Å²) in [6.07, 6.45) is 3.69. The Morgan fingerprint density at radius 2 is 2.07 bits per heavy atom. The predicted octanol–water partition coefficient (Wildman–Crippen LogP) is 2.59. The van der Waals surface area contributed by atoms with Crippen LogP contribution < -0.4 is 5.32 Å². The van der Waals surface area contributed by atoms with Crippen LogP contribution in [-0.2, 0) is 10.3 Å². The lowest BCUT2D eigenvalue weighted by atomic mass is 9.80. The van der Waals surface area contributed by atoms with Crippen LogP contribution >= 0.6 is 0 Å². The molecule has 1 N–H and O–H groups in total. The fourth-order valence-electron chi connectivity index (χ4n) is 2.39. The van der Waals surface area contributed by atoms with Crippen molar-refractivity contribution in [3.8, 4) is 0 Å². The minimum atomic E-state index is -0.114. The van der Waals surface area contributed by atoms with Gasteiger partial charge >= 0.3 is 0 Å². The third-order valence-electron chi connectivity index (χ3n) is 3.32. The van der Waals surface area contributed by atoms with Crippen LogP contribution in [0.5, 0.6) is 0 Å². The van der Waals surface area contributed by atoms with E-state index in [0.29, 0.717) is 6.42 Å². The van der Waals surface area contributed by atoms with Crippen LogP contribution in [0.1, 0.15) is 38.2 Å². The molecule has 0 spiro atoms. The highest BCUT2D eigenvalue weighted by Gasteiger charge is 2.34. The average molecular weight is 203 g/mol. The molecule has 1 heterocycles. The summed E-state index contributed by atoms with van der Waals surface area (Å²) in [7, 11) is 0. The summed E-state index contributed by atoms with van der Waals surface area (Å²) in [4.78, 5) is 11.5. The summed E-state index contributed by atoms with van der Waals surface area (Å²) >= 11 is 0. The van der Waals surface area contributed by atoms with E-state index in [2.05, 4.69) is 24.4 Å². The second-order valence-corrected chi connectivity index (χ2v) is 4.20. The normalized spacial score (nSPS) is 26.1. The number of amides is 1. The number of carbonyl (C=O) groups excluding carboxylic acids is 1. The van der Waals surface area contributed by atoms with E-state index in [1.807, 2.05) is 18.2 Å². The molecule has 0 aromatic heterocycles. The van der Waals surface area contributed by atoms with Gasteiger partial charge in [-0.15, -0.1) is 0 Å². The van der Waals surface area contributed by atoms with Crippen LogP contribution in [0.2, 0.25) is 0 Å². The molecule has 1 fully saturated rings. The zero-order valence-electron chi connectivity index (χ0n) is 9.12. The van der Waals surface area contributed by atoms with Crippen LogP contribution in [0, 0.1) is 0 Å². The van der Waals surface area contributed by atoms with Gasteiger partial charge in [0.25, 0.3) is 0 Å². The minimum Gasteiger partial charge on any atom is -0.347 e. The van der Waals surface area contributed by atoms with Crippen molar-refractivity contribution in [3.05, 3.63) is 35.9 Å². The van der Waals surface area contributed by atoms with Gasteiger partial charge in [0.1, 0.15) is 0 Å². The summed E-state index contributed by atoms with van der Waals surface area (Å²) in [6, 6.07) is 10.3. The highest BCUT2D eigenvalue weighted by atomic mass is 16.1. The monoisotopic (exact) mass is 203 g/mol. The van der Waals surface area contributed by atoms with E-state index in [1.165, 1.54) is 5.56 Å². The number of piperidine rings is 1. The van der Waals surface area contributed by atoms with Gasteiger partial charge in [-0.1, -0.05) is 37.3 Å². The summed E-state index contributed by atoms with van der Waals surface area (Å²) in [5.41, 5.74) is 1.12. The third kappa shape index (κ3) is 1.89. The molecule has 0 saturated carbocycles. The molecule has 2 rings (SSSR count). The first kappa shape index (κ1) is 10.2. The van der Waals surface area contributed by atoms with Crippen LogP contribution in [-0.4, -0.2) is 5.91 Å². The van der Waals surface area contributed by atoms with Crippen LogP contribution in [0.25, 0.3) is 0 Å². The van der Waals surface area contributed by atoms with E-state index in [0.717, 1.165) is 19.3 Å². The van der Waals surface area contributed by atoms with E-state index in [9.17, 15) is 4.79 Å². The van der Waals surface area contributed by atoms with E-state index < -0.39 is 0 Å². The van der Waals surface area contributed by atoms with Crippen molar-refractivity contribution in [2.75, 3.05) is 0 Å². The fraction of sp³-hybridized carbons (Fsp3) is 0.462. The molecule has 2 heteroatoms. The van der Waals surface area contributed by atoms with Gasteiger partial charge in [0, 0.05) is 6.42 Å². The smallest absolute Gasteiger partial charge is 0.220 e. The SMILES string of the molecule is CCC1(c2ccccc2)CCCC(=O)N1. The Morgan fingerprint density at radius 3 is 2.67 bits per heavy atom. The molecular weight excluding hydrogens is 186 g/mol. The number of hydrogen-bond donors (Lipinski definition) is 1. The standard InChI is InChI=1S/C13H17NO/c1-2-13(10-6-9-12(15)14-13)11-7-4-3-5-8-11/h3-5,7-8H,2,6,9-10H2,1H3,(H,14,15). The van der Waals surface area contributed by atoms with Gasteiger partial charge in [0.2, 0.25) is 5.91 Å². The molecule has 1 unspecified atom stereocenters. The van der Waals surface area contributed by atoms with Crippen molar-refractivity contribution >= 4 is 5.91 Å². The van der Waals surface area contributed by atoms with E-state index in [4.69, 9.17) is 0 Å². The van der Waals surface area contributed by atoms with E-state index in [1.54, 1.807) is 0 Å². The maximum atomic E-state index is 11.5. The van der Waals surface area contributed by atoms with E-state index >= 15 is 0 Å². The largest absolute Gasteiger partial charge is 0.347 e. The molecule has 80 valence electrons. The number of nitrogens with one attached hydrogen (secondary N) is 1. The Hall–Kier alpha value is -1.31. The second-order valence-electron chi connectivity index (χ2n) is 4.20. The molecule has 1 aliphatic rings. The number of hydrogen-bond acceptors (Lipinski definition) is 1. The lowest BCUT2D eigenvalue weighted by molar-refractivity contribution is -0.125. The highest BCUT2D eigenvalue weighted by Crippen LogP contribution is 2.33. The summed E-state index contributed by atoms with van der Waals surface area (Å²) < 4.78 is 0. The third-order valence-corrected chi connectivity index (χ3v) is 3.32. The maximum Gasteiger partial charge on any atom is 0.220 e. The molecule has 1 saturated heterocycles. The average Bonchev–Trinajstić information content (AvgIpc) is 2.30. The summed E-state index contributed by atoms with van der Waals surface area (Å²) in [6.45, 7) is 2.14. The predicted molar refractivity (Wildman–Crippen MR) is 60.4 cm³/mol. The van der Waals surface area contributed by atoms with Crippen molar-refractivity contribution in [1.82, 2.24) is 5.32 Å². The first-order valence-corrected chi connectivity index (χ1v) is 5.63. The van der Waals surface area contributed by atoms with Crippen molar-refractivity contribution in [2.24, 2.45) is 0 Å². The second kappa shape index (κ2) is 4.05. The van der Waals surface area contributed by atoms with Crippen molar-refractivity contribution in [3.63, 3.8) is 0 Å². The van der Waals surface area contributed by atoms with Crippen LogP contribution in [0.3, 0.4) is 0 Å². The van der Waals surface area contributed by atoms with Gasteiger partial charge in [-0.2, -0.15) is 0 Å². The molecule has 1 aromatic carbocycles. The summed E-state index contributed by atoms with van der Waals surface area (Å²) in [5, 5.41) is 3.16. The van der Waals surface area contributed by atoms with Gasteiger partial charge in [-0.3, -0.25) is 4.79 Å². The van der Waals surface area contributed by atoms with Gasteiger partial charge in [-0.25, -0.2) is 0 Å². The van der Waals surface area contributed by atoms with Crippen molar-refractivity contribution < 1.29 is 4.79 Å². The topological polar surface area (TPSA) is 29.1 Å².